The largest absolute Gasteiger partial charge is 0.468 e. The summed E-state index contributed by atoms with van der Waals surface area (Å²) < 4.78 is 8.99. The van der Waals surface area contributed by atoms with Gasteiger partial charge < -0.3 is 9.47 Å². The van der Waals surface area contributed by atoms with Gasteiger partial charge in [-0.3, -0.25) is 9.59 Å². The van der Waals surface area contributed by atoms with Gasteiger partial charge in [0.25, 0.3) is 0 Å². The van der Waals surface area contributed by atoms with E-state index < -0.39 is 17.9 Å². The summed E-state index contributed by atoms with van der Waals surface area (Å²) in [4.78, 5) is 22.4. The van der Waals surface area contributed by atoms with Gasteiger partial charge in [-0.1, -0.05) is 6.92 Å². The Balaban J connectivity index is 4.45. The first kappa shape index (κ1) is 13.5. The summed E-state index contributed by atoms with van der Waals surface area (Å²) >= 11 is 0. The molecule has 0 amide bonds. The molecule has 0 saturated carbocycles. The van der Waals surface area contributed by atoms with E-state index in [2.05, 4.69) is 15.2 Å². The molecule has 0 fully saturated rings. The van der Waals surface area contributed by atoms with Crippen molar-refractivity contribution in [1.29, 1.82) is 0 Å². The van der Waals surface area contributed by atoms with Crippen LogP contribution in [0, 0.1) is 5.92 Å². The quantitative estimate of drug-likeness (QED) is 0.393. The van der Waals surface area contributed by atoms with Crippen molar-refractivity contribution >= 4 is 11.9 Å². The molecular formula is C11H16O4. The highest BCUT2D eigenvalue weighted by Crippen LogP contribution is 2.08. The lowest BCUT2D eigenvalue weighted by molar-refractivity contribution is -0.158. The summed E-state index contributed by atoms with van der Waals surface area (Å²) in [6.45, 7) is 1.97. The van der Waals surface area contributed by atoms with Crippen LogP contribution in [0.2, 0.25) is 0 Å². The molecule has 0 aromatic carbocycles. The number of carbonyl (C=O) groups is 2. The van der Waals surface area contributed by atoms with Gasteiger partial charge in [-0.15, -0.1) is 5.73 Å². The molecule has 0 aromatic heterocycles. The third kappa shape index (κ3) is 5.03. The molecule has 84 valence electrons. The van der Waals surface area contributed by atoms with Crippen LogP contribution in [0.4, 0.5) is 0 Å². The predicted molar refractivity (Wildman–Crippen MR) is 55.1 cm³/mol. The van der Waals surface area contributed by atoms with Gasteiger partial charge in [-0.25, -0.2) is 0 Å². The van der Waals surface area contributed by atoms with E-state index in [9.17, 15) is 9.59 Å². The van der Waals surface area contributed by atoms with Gasteiger partial charge in [-0.05, 0) is 25.0 Å². The molecule has 0 saturated heterocycles. The van der Waals surface area contributed by atoms with E-state index in [4.69, 9.17) is 0 Å². The molecule has 0 spiro atoms. The lowest BCUT2D eigenvalue weighted by Crippen LogP contribution is -2.25. The van der Waals surface area contributed by atoms with Gasteiger partial charge in [0.05, 0.1) is 14.2 Å². The van der Waals surface area contributed by atoms with Crippen molar-refractivity contribution in [2.24, 2.45) is 5.92 Å². The summed E-state index contributed by atoms with van der Waals surface area (Å²) in [5, 5.41) is 0. The molecule has 0 unspecified atom stereocenters. The zero-order valence-corrected chi connectivity index (χ0v) is 9.28. The Hall–Kier alpha value is -1.54. The number of carbonyl (C=O) groups excluding carboxylic acids is 2. The Labute approximate surface area is 89.6 Å². The topological polar surface area (TPSA) is 52.6 Å². The molecular weight excluding hydrogens is 196 g/mol. The number of esters is 2. The van der Waals surface area contributed by atoms with Crippen LogP contribution in [-0.4, -0.2) is 26.2 Å². The van der Waals surface area contributed by atoms with Gasteiger partial charge in [0, 0.05) is 0 Å². The fourth-order valence-electron chi connectivity index (χ4n) is 0.960. The number of ether oxygens (including phenoxy) is 2. The summed E-state index contributed by atoms with van der Waals surface area (Å²) in [5.74, 6) is -2.06. The number of hydrogen-bond donors (Lipinski definition) is 0. The highest BCUT2D eigenvalue weighted by atomic mass is 16.5. The van der Waals surface area contributed by atoms with E-state index >= 15 is 0 Å². The lowest BCUT2D eigenvalue weighted by atomic mass is 10.1. The van der Waals surface area contributed by atoms with Crippen LogP contribution in [0.15, 0.2) is 17.9 Å². The van der Waals surface area contributed by atoms with Gasteiger partial charge >= 0.3 is 11.9 Å². The number of methoxy groups -OCH3 is 2. The van der Waals surface area contributed by atoms with Crippen LogP contribution in [0.3, 0.4) is 0 Å². The summed E-state index contributed by atoms with van der Waals surface area (Å²) in [7, 11) is 2.48. The minimum Gasteiger partial charge on any atom is -0.468 e. The second kappa shape index (κ2) is 7.83. The molecule has 0 heterocycles. The molecule has 0 aliphatic carbocycles. The van der Waals surface area contributed by atoms with E-state index in [0.29, 0.717) is 0 Å². The highest BCUT2D eigenvalue weighted by molar-refractivity contribution is 5.94. The number of hydrogen-bond acceptors (Lipinski definition) is 4. The Kier molecular flexibility index (Phi) is 7.02. The van der Waals surface area contributed by atoms with E-state index in [1.54, 1.807) is 6.08 Å². The minimum absolute atomic E-state index is 0.246. The Bertz CT molecular complexity index is 258. The first-order valence-electron chi connectivity index (χ1n) is 4.72. The minimum atomic E-state index is -0.891. The molecule has 0 aromatic rings. The third-order valence-corrected chi connectivity index (χ3v) is 1.76. The average molecular weight is 212 g/mol. The van der Waals surface area contributed by atoms with E-state index in [1.165, 1.54) is 14.2 Å². The van der Waals surface area contributed by atoms with Crippen molar-refractivity contribution in [3.05, 3.63) is 17.9 Å². The van der Waals surface area contributed by atoms with Crippen LogP contribution >= 0.6 is 0 Å². The van der Waals surface area contributed by atoms with Crippen molar-refractivity contribution in [2.75, 3.05) is 14.2 Å². The molecule has 0 atom stereocenters. The molecule has 4 heteroatoms. The first-order valence-corrected chi connectivity index (χ1v) is 4.72. The van der Waals surface area contributed by atoms with Crippen LogP contribution in [0.25, 0.3) is 0 Å². The summed E-state index contributed by atoms with van der Waals surface area (Å²) in [5.41, 5.74) is 2.86. The third-order valence-electron chi connectivity index (χ3n) is 1.76. The maximum atomic E-state index is 11.2. The van der Waals surface area contributed by atoms with E-state index in [-0.39, 0.29) is 6.42 Å². The normalized spacial score (nSPS) is 9.07. The Morgan fingerprint density at radius 3 is 2.13 bits per heavy atom. The molecule has 0 radical (unpaired) electrons. The summed E-state index contributed by atoms with van der Waals surface area (Å²) in [6.07, 6.45) is 4.54. The zero-order chi connectivity index (χ0) is 11.7. The molecule has 0 aliphatic rings. The molecule has 0 aliphatic heterocycles. The second-order valence-electron chi connectivity index (χ2n) is 2.82. The average Bonchev–Trinajstić information content (AvgIpc) is 2.27. The monoisotopic (exact) mass is 212 g/mol. The molecule has 0 N–H and O–H groups in total. The SMILES string of the molecule is CCC=C=CCC(C(=O)OC)C(=O)OC. The van der Waals surface area contributed by atoms with Crippen LogP contribution < -0.4 is 0 Å². The van der Waals surface area contributed by atoms with Crippen LogP contribution in [0.5, 0.6) is 0 Å². The fraction of sp³-hybridized carbons (Fsp3) is 0.545. The van der Waals surface area contributed by atoms with Crippen molar-refractivity contribution < 1.29 is 19.1 Å². The first-order chi connectivity index (χ1) is 7.17. The molecule has 15 heavy (non-hydrogen) atoms. The van der Waals surface area contributed by atoms with Crippen LogP contribution in [-0.2, 0) is 19.1 Å². The number of allylic oxidation sites excluding steroid dienone is 1. The predicted octanol–water partition coefficient (Wildman–Crippen LogP) is 1.46. The Morgan fingerprint density at radius 2 is 1.73 bits per heavy atom. The van der Waals surface area contributed by atoms with Gasteiger partial charge in [0.15, 0.2) is 5.92 Å². The van der Waals surface area contributed by atoms with Crippen molar-refractivity contribution in [1.82, 2.24) is 0 Å². The zero-order valence-electron chi connectivity index (χ0n) is 9.28. The number of rotatable bonds is 5. The van der Waals surface area contributed by atoms with Gasteiger partial charge in [-0.2, -0.15) is 0 Å². The smallest absolute Gasteiger partial charge is 0.320 e. The molecule has 0 bridgehead atoms. The molecule has 4 nitrogen and oxygen atoms in total. The van der Waals surface area contributed by atoms with Gasteiger partial charge in [0.2, 0.25) is 0 Å². The molecule has 0 rings (SSSR count). The van der Waals surface area contributed by atoms with Crippen molar-refractivity contribution in [3.63, 3.8) is 0 Å². The van der Waals surface area contributed by atoms with Crippen molar-refractivity contribution in [3.8, 4) is 0 Å². The summed E-state index contributed by atoms with van der Waals surface area (Å²) in [6, 6.07) is 0. The highest BCUT2D eigenvalue weighted by Gasteiger charge is 2.26. The Morgan fingerprint density at radius 1 is 1.20 bits per heavy atom. The van der Waals surface area contributed by atoms with Crippen LogP contribution in [0.1, 0.15) is 19.8 Å². The van der Waals surface area contributed by atoms with E-state index in [1.807, 2.05) is 13.0 Å². The lowest BCUT2D eigenvalue weighted by Gasteiger charge is -2.08. The standard InChI is InChI=1S/C11H16O4/c1-4-5-6-7-8-9(10(12)14-2)11(13)15-3/h5,7,9H,4,8H2,1-3H3. The second-order valence-corrected chi connectivity index (χ2v) is 2.82. The van der Waals surface area contributed by atoms with Gasteiger partial charge in [0.1, 0.15) is 0 Å². The maximum Gasteiger partial charge on any atom is 0.320 e. The van der Waals surface area contributed by atoms with Crippen molar-refractivity contribution in [2.45, 2.75) is 19.8 Å². The maximum absolute atomic E-state index is 11.2. The van der Waals surface area contributed by atoms with E-state index in [0.717, 1.165) is 6.42 Å². The fourth-order valence-corrected chi connectivity index (χ4v) is 0.960.